The first-order valence-corrected chi connectivity index (χ1v) is 6.57. The number of methoxy groups -OCH3 is 1. The van der Waals surface area contributed by atoms with Crippen LogP contribution >= 0.6 is 11.8 Å². The van der Waals surface area contributed by atoms with Gasteiger partial charge in [-0.3, -0.25) is 0 Å². The van der Waals surface area contributed by atoms with Crippen molar-refractivity contribution in [3.8, 4) is 0 Å². The summed E-state index contributed by atoms with van der Waals surface area (Å²) in [4.78, 5) is 26.2. The summed E-state index contributed by atoms with van der Waals surface area (Å²) >= 11 is 1.34. The van der Waals surface area contributed by atoms with Crippen molar-refractivity contribution in [2.75, 3.05) is 7.11 Å². The SMILES string of the molecule is COC(=O)c1ccoc1CSc1ccc(C(=O)O)cn1. The fourth-order valence-electron chi connectivity index (χ4n) is 1.48. The van der Waals surface area contributed by atoms with E-state index in [4.69, 9.17) is 9.52 Å². The number of esters is 1. The Hall–Kier alpha value is -2.28. The molecule has 1 N–H and O–H groups in total. The lowest BCUT2D eigenvalue weighted by Crippen LogP contribution is -2.02. The smallest absolute Gasteiger partial charge is 0.341 e. The molecule has 104 valence electrons. The molecule has 0 atom stereocenters. The summed E-state index contributed by atoms with van der Waals surface area (Å²) in [7, 11) is 1.30. The van der Waals surface area contributed by atoms with Crippen molar-refractivity contribution in [2.24, 2.45) is 0 Å². The first kappa shape index (κ1) is 14.1. The zero-order valence-electron chi connectivity index (χ0n) is 10.5. The van der Waals surface area contributed by atoms with Gasteiger partial charge in [0, 0.05) is 6.20 Å². The molecule has 2 aromatic heterocycles. The highest BCUT2D eigenvalue weighted by Gasteiger charge is 2.15. The van der Waals surface area contributed by atoms with Gasteiger partial charge in [-0.1, -0.05) is 11.8 Å². The Morgan fingerprint density at radius 3 is 2.80 bits per heavy atom. The third-order valence-corrected chi connectivity index (χ3v) is 3.43. The van der Waals surface area contributed by atoms with Gasteiger partial charge in [-0.15, -0.1) is 0 Å². The Kier molecular flexibility index (Phi) is 4.41. The van der Waals surface area contributed by atoms with E-state index in [0.29, 0.717) is 22.1 Å². The molecule has 0 aliphatic carbocycles. The number of aromatic carboxylic acids is 1. The van der Waals surface area contributed by atoms with Crippen molar-refractivity contribution >= 4 is 23.7 Å². The molecule has 2 aromatic rings. The van der Waals surface area contributed by atoms with Gasteiger partial charge in [-0.05, 0) is 18.2 Å². The second kappa shape index (κ2) is 6.25. The molecule has 2 heterocycles. The monoisotopic (exact) mass is 293 g/mol. The number of rotatable bonds is 5. The van der Waals surface area contributed by atoms with E-state index in [1.165, 1.54) is 37.4 Å². The second-order valence-corrected chi connectivity index (χ2v) is 4.72. The van der Waals surface area contributed by atoms with Gasteiger partial charge in [0.15, 0.2) is 0 Å². The second-order valence-electron chi connectivity index (χ2n) is 3.73. The number of nitrogens with zero attached hydrogens (tertiary/aromatic N) is 1. The molecule has 7 heteroatoms. The largest absolute Gasteiger partial charge is 0.478 e. The maximum absolute atomic E-state index is 11.5. The van der Waals surface area contributed by atoms with Gasteiger partial charge in [0.05, 0.1) is 29.7 Å². The van der Waals surface area contributed by atoms with E-state index in [9.17, 15) is 9.59 Å². The summed E-state index contributed by atoms with van der Waals surface area (Å²) in [6, 6.07) is 4.62. The quantitative estimate of drug-likeness (QED) is 0.669. The Labute approximate surface area is 118 Å². The summed E-state index contributed by atoms with van der Waals surface area (Å²) < 4.78 is 9.87. The number of carboxylic acid groups (broad SMARTS) is 1. The lowest BCUT2D eigenvalue weighted by Gasteiger charge is -2.02. The van der Waals surface area contributed by atoms with Crippen molar-refractivity contribution in [1.82, 2.24) is 4.98 Å². The molecule has 0 bridgehead atoms. The highest BCUT2D eigenvalue weighted by atomic mass is 32.2. The summed E-state index contributed by atoms with van der Waals surface area (Å²) in [6.45, 7) is 0. The molecule has 0 aromatic carbocycles. The normalized spacial score (nSPS) is 10.2. The Balaban J connectivity index is 2.04. The van der Waals surface area contributed by atoms with E-state index in [1.807, 2.05) is 0 Å². The van der Waals surface area contributed by atoms with Crippen LogP contribution in [0.5, 0.6) is 0 Å². The molecule has 0 spiro atoms. The van der Waals surface area contributed by atoms with Crippen molar-refractivity contribution in [3.63, 3.8) is 0 Å². The summed E-state index contributed by atoms with van der Waals surface area (Å²) in [5, 5.41) is 9.41. The van der Waals surface area contributed by atoms with Crippen LogP contribution in [0.15, 0.2) is 40.1 Å². The van der Waals surface area contributed by atoms with Gasteiger partial charge < -0.3 is 14.3 Å². The van der Waals surface area contributed by atoms with Crippen LogP contribution in [0.3, 0.4) is 0 Å². The van der Waals surface area contributed by atoms with E-state index in [1.54, 1.807) is 12.1 Å². The molecule has 0 saturated carbocycles. The highest BCUT2D eigenvalue weighted by Crippen LogP contribution is 2.24. The third kappa shape index (κ3) is 3.18. The van der Waals surface area contributed by atoms with Crippen LogP contribution in [-0.4, -0.2) is 29.1 Å². The number of carbonyl (C=O) groups excluding carboxylic acids is 1. The minimum absolute atomic E-state index is 0.127. The van der Waals surface area contributed by atoms with Gasteiger partial charge in [0.1, 0.15) is 11.3 Å². The van der Waals surface area contributed by atoms with Crippen LogP contribution in [0.4, 0.5) is 0 Å². The Bertz CT molecular complexity index is 620. The molecule has 0 fully saturated rings. The maximum atomic E-state index is 11.5. The van der Waals surface area contributed by atoms with Crippen molar-refractivity contribution < 1.29 is 23.8 Å². The average molecular weight is 293 g/mol. The molecule has 0 aliphatic rings. The molecule has 0 aliphatic heterocycles. The lowest BCUT2D eigenvalue weighted by atomic mass is 10.3. The van der Waals surface area contributed by atoms with Crippen molar-refractivity contribution in [3.05, 3.63) is 47.5 Å². The summed E-state index contributed by atoms with van der Waals surface area (Å²) in [5.41, 5.74) is 0.504. The molecule has 0 saturated heterocycles. The van der Waals surface area contributed by atoms with Gasteiger partial charge >= 0.3 is 11.9 Å². The highest BCUT2D eigenvalue weighted by molar-refractivity contribution is 7.98. The lowest BCUT2D eigenvalue weighted by molar-refractivity contribution is 0.0597. The standard InChI is InChI=1S/C13H11NO5S/c1-18-13(17)9-4-5-19-10(9)7-20-11-3-2-8(6-14-11)12(15)16/h2-6H,7H2,1H3,(H,15,16). The predicted octanol–water partition coefficient (Wildman–Crippen LogP) is 2.45. The zero-order valence-corrected chi connectivity index (χ0v) is 11.3. The first-order valence-electron chi connectivity index (χ1n) is 5.58. The van der Waals surface area contributed by atoms with E-state index >= 15 is 0 Å². The molecule has 0 unspecified atom stereocenters. The third-order valence-electron chi connectivity index (χ3n) is 2.49. The Morgan fingerprint density at radius 2 is 2.20 bits per heavy atom. The number of hydrogen-bond acceptors (Lipinski definition) is 6. The fraction of sp³-hybridized carbons (Fsp3) is 0.154. The summed E-state index contributed by atoms with van der Waals surface area (Å²) in [6.07, 6.45) is 2.71. The molecule has 0 amide bonds. The van der Waals surface area contributed by atoms with Crippen LogP contribution in [0, 0.1) is 0 Å². The number of carboxylic acids is 1. The van der Waals surface area contributed by atoms with Crippen LogP contribution in [-0.2, 0) is 10.5 Å². The van der Waals surface area contributed by atoms with E-state index < -0.39 is 11.9 Å². The van der Waals surface area contributed by atoms with Crippen LogP contribution < -0.4 is 0 Å². The fourth-order valence-corrected chi connectivity index (χ4v) is 2.27. The molecule has 6 nitrogen and oxygen atoms in total. The first-order chi connectivity index (χ1) is 9.61. The minimum atomic E-state index is -1.02. The van der Waals surface area contributed by atoms with E-state index in [0.717, 1.165) is 0 Å². The minimum Gasteiger partial charge on any atom is -0.478 e. The van der Waals surface area contributed by atoms with E-state index in [2.05, 4.69) is 9.72 Å². The molecule has 0 radical (unpaired) electrons. The topological polar surface area (TPSA) is 89.6 Å². The maximum Gasteiger partial charge on any atom is 0.341 e. The number of furan rings is 1. The molecule has 20 heavy (non-hydrogen) atoms. The number of hydrogen-bond donors (Lipinski definition) is 1. The molecule has 2 rings (SSSR count). The van der Waals surface area contributed by atoms with Gasteiger partial charge in [0.25, 0.3) is 0 Å². The number of aromatic nitrogens is 1. The van der Waals surface area contributed by atoms with Crippen LogP contribution in [0.1, 0.15) is 26.5 Å². The number of carbonyl (C=O) groups is 2. The van der Waals surface area contributed by atoms with Crippen LogP contribution in [0.2, 0.25) is 0 Å². The zero-order chi connectivity index (χ0) is 14.5. The predicted molar refractivity (Wildman–Crippen MR) is 70.8 cm³/mol. The van der Waals surface area contributed by atoms with Crippen molar-refractivity contribution in [2.45, 2.75) is 10.8 Å². The Morgan fingerprint density at radius 1 is 1.40 bits per heavy atom. The number of thioether (sulfide) groups is 1. The van der Waals surface area contributed by atoms with Crippen molar-refractivity contribution in [1.29, 1.82) is 0 Å². The summed E-state index contributed by atoms with van der Waals surface area (Å²) in [5.74, 6) is -0.584. The van der Waals surface area contributed by atoms with Gasteiger partial charge in [-0.25, -0.2) is 14.6 Å². The molecular formula is C13H11NO5S. The molecular weight excluding hydrogens is 282 g/mol. The average Bonchev–Trinajstić information content (AvgIpc) is 2.93. The van der Waals surface area contributed by atoms with Crippen LogP contribution in [0.25, 0.3) is 0 Å². The number of ether oxygens (including phenoxy) is 1. The number of pyridine rings is 1. The van der Waals surface area contributed by atoms with E-state index in [-0.39, 0.29) is 5.56 Å². The van der Waals surface area contributed by atoms with Gasteiger partial charge in [-0.2, -0.15) is 0 Å². The van der Waals surface area contributed by atoms with Gasteiger partial charge in [0.2, 0.25) is 0 Å².